The number of nitrogens with zero attached hydrogens (tertiary/aromatic N) is 2. The first-order chi connectivity index (χ1) is 8.04. The summed E-state index contributed by atoms with van der Waals surface area (Å²) < 4.78 is 12.5. The van der Waals surface area contributed by atoms with Gasteiger partial charge in [-0.2, -0.15) is 5.10 Å². The van der Waals surface area contributed by atoms with Gasteiger partial charge in [0.05, 0.1) is 22.3 Å². The van der Waals surface area contributed by atoms with E-state index in [9.17, 15) is 4.79 Å². The van der Waals surface area contributed by atoms with E-state index in [2.05, 4.69) is 21.0 Å². The number of aryl methyl sites for hydroxylation is 2. The Kier molecular flexibility index (Phi) is 5.30. The molecule has 0 bridgehead atoms. The number of aromatic nitrogens is 2. The van der Waals surface area contributed by atoms with Crippen LogP contribution in [0.3, 0.4) is 0 Å². The summed E-state index contributed by atoms with van der Waals surface area (Å²) in [5, 5.41) is 4.33. The number of hydrogen-bond acceptors (Lipinski definition) is 4. The van der Waals surface area contributed by atoms with E-state index in [-0.39, 0.29) is 12.2 Å². The molecule has 1 rings (SSSR count). The zero-order valence-electron chi connectivity index (χ0n) is 10.5. The van der Waals surface area contributed by atoms with E-state index >= 15 is 0 Å². The molecule has 0 radical (unpaired) electrons. The topological polar surface area (TPSA) is 53.4 Å². The van der Waals surface area contributed by atoms with Crippen LogP contribution in [0.15, 0.2) is 4.47 Å². The van der Waals surface area contributed by atoms with Gasteiger partial charge in [0, 0.05) is 21.3 Å². The third kappa shape index (κ3) is 3.14. The molecule has 0 amide bonds. The van der Waals surface area contributed by atoms with Gasteiger partial charge in [-0.3, -0.25) is 9.48 Å². The fourth-order valence-corrected chi connectivity index (χ4v) is 2.38. The molecule has 0 aliphatic heterocycles. The van der Waals surface area contributed by atoms with E-state index in [0.717, 1.165) is 22.3 Å². The van der Waals surface area contributed by atoms with Crippen molar-refractivity contribution < 1.29 is 14.3 Å². The summed E-state index contributed by atoms with van der Waals surface area (Å²) >= 11 is 3.47. The molecular formula is C11H17BrN2O3. The number of rotatable bonds is 6. The summed E-state index contributed by atoms with van der Waals surface area (Å²) in [5.41, 5.74) is 1.78. The Morgan fingerprint density at radius 1 is 1.47 bits per heavy atom. The molecule has 1 aromatic heterocycles. The Hall–Kier alpha value is -0.720. The van der Waals surface area contributed by atoms with Crippen LogP contribution in [0.25, 0.3) is 0 Å². The highest BCUT2D eigenvalue weighted by Crippen LogP contribution is 2.22. The molecule has 0 unspecified atom stereocenters. The van der Waals surface area contributed by atoms with Gasteiger partial charge in [0.1, 0.15) is 0 Å². The maximum Gasteiger partial charge on any atom is 0.217 e. The minimum atomic E-state index is -0.818. The summed E-state index contributed by atoms with van der Waals surface area (Å²) in [5.74, 6) is -0.124. The summed E-state index contributed by atoms with van der Waals surface area (Å²) in [6.45, 7) is 2.02. The maximum atomic E-state index is 11.9. The van der Waals surface area contributed by atoms with Crippen molar-refractivity contribution >= 4 is 21.7 Å². The maximum absolute atomic E-state index is 11.9. The normalized spacial score (nSPS) is 11.2. The van der Waals surface area contributed by atoms with E-state index < -0.39 is 6.29 Å². The molecule has 5 nitrogen and oxygen atoms in total. The highest BCUT2D eigenvalue weighted by Gasteiger charge is 2.21. The Labute approximate surface area is 109 Å². The lowest BCUT2D eigenvalue weighted by molar-refractivity contribution is -0.156. The van der Waals surface area contributed by atoms with Crippen molar-refractivity contribution in [1.29, 1.82) is 0 Å². The van der Waals surface area contributed by atoms with Crippen molar-refractivity contribution in [3.63, 3.8) is 0 Å². The zero-order chi connectivity index (χ0) is 13.0. The summed E-state index contributed by atoms with van der Waals surface area (Å²) in [7, 11) is 4.71. The highest BCUT2D eigenvalue weighted by molar-refractivity contribution is 9.10. The van der Waals surface area contributed by atoms with Crippen molar-refractivity contribution in [1.82, 2.24) is 9.78 Å². The van der Waals surface area contributed by atoms with Gasteiger partial charge in [-0.1, -0.05) is 6.92 Å². The number of carbonyl (C=O) groups excluding carboxylic acids is 1. The molecule has 1 aromatic rings. The lowest BCUT2D eigenvalue weighted by atomic mass is 10.2. The van der Waals surface area contributed by atoms with Crippen LogP contribution in [0.5, 0.6) is 0 Å². The molecule has 6 heteroatoms. The second-order valence-corrected chi connectivity index (χ2v) is 4.42. The second-order valence-electron chi connectivity index (χ2n) is 3.63. The number of halogens is 1. The molecule has 96 valence electrons. The predicted molar refractivity (Wildman–Crippen MR) is 66.8 cm³/mol. The lowest BCUT2D eigenvalue weighted by Crippen LogP contribution is -2.27. The first-order valence-electron chi connectivity index (χ1n) is 5.33. The molecule has 0 spiro atoms. The van der Waals surface area contributed by atoms with Gasteiger partial charge in [-0.05, 0) is 22.4 Å². The fourth-order valence-electron chi connectivity index (χ4n) is 1.62. The third-order valence-electron chi connectivity index (χ3n) is 2.54. The molecule has 0 saturated carbocycles. The van der Waals surface area contributed by atoms with Gasteiger partial charge in [0.25, 0.3) is 0 Å². The van der Waals surface area contributed by atoms with Gasteiger partial charge in [0.2, 0.25) is 6.29 Å². The first-order valence-corrected chi connectivity index (χ1v) is 6.12. The Morgan fingerprint density at radius 3 is 2.47 bits per heavy atom. The SMILES string of the molecule is CCc1nn(C)c(CC(=O)C(OC)OC)c1Br. The molecule has 17 heavy (non-hydrogen) atoms. The number of hydrogen-bond donors (Lipinski definition) is 0. The molecule has 0 atom stereocenters. The number of ether oxygens (including phenoxy) is 2. The van der Waals surface area contributed by atoms with Gasteiger partial charge >= 0.3 is 0 Å². The smallest absolute Gasteiger partial charge is 0.217 e. The number of Topliss-reactive ketones (excluding diaryl/α,β-unsaturated/α-hetero) is 1. The van der Waals surface area contributed by atoms with Gasteiger partial charge in [0.15, 0.2) is 5.78 Å². The average Bonchev–Trinajstić information content (AvgIpc) is 2.58. The van der Waals surface area contributed by atoms with Crippen molar-refractivity contribution in [2.75, 3.05) is 14.2 Å². The molecule has 0 saturated heterocycles. The number of carbonyl (C=O) groups is 1. The number of ketones is 1. The molecule has 0 fully saturated rings. The molecule has 0 aliphatic carbocycles. The highest BCUT2D eigenvalue weighted by atomic mass is 79.9. The van der Waals surface area contributed by atoms with E-state index in [1.807, 2.05) is 14.0 Å². The summed E-state index contributed by atoms with van der Waals surface area (Å²) in [6.07, 6.45) is 0.235. The van der Waals surface area contributed by atoms with Gasteiger partial charge < -0.3 is 9.47 Å². The average molecular weight is 305 g/mol. The van der Waals surface area contributed by atoms with E-state index in [4.69, 9.17) is 9.47 Å². The van der Waals surface area contributed by atoms with Crippen LogP contribution in [0.2, 0.25) is 0 Å². The van der Waals surface area contributed by atoms with Crippen LogP contribution in [0.4, 0.5) is 0 Å². The molecular weight excluding hydrogens is 288 g/mol. The van der Waals surface area contributed by atoms with Crippen LogP contribution < -0.4 is 0 Å². The van der Waals surface area contributed by atoms with Crippen molar-refractivity contribution in [2.45, 2.75) is 26.1 Å². The second kappa shape index (κ2) is 6.28. The first kappa shape index (κ1) is 14.3. The zero-order valence-corrected chi connectivity index (χ0v) is 12.1. The predicted octanol–water partition coefficient (Wildman–Crippen LogP) is 1.48. The fraction of sp³-hybridized carbons (Fsp3) is 0.636. The van der Waals surface area contributed by atoms with Gasteiger partial charge in [-0.15, -0.1) is 0 Å². The molecule has 0 aromatic carbocycles. The third-order valence-corrected chi connectivity index (χ3v) is 3.45. The standard InChI is InChI=1S/C11H17BrN2O3/c1-5-7-10(12)8(14(2)13-7)6-9(15)11(16-3)17-4/h11H,5-6H2,1-4H3. The van der Waals surface area contributed by atoms with Crippen LogP contribution >= 0.6 is 15.9 Å². The number of methoxy groups -OCH3 is 2. The Balaban J connectivity index is 2.88. The van der Waals surface area contributed by atoms with Crippen LogP contribution in [0.1, 0.15) is 18.3 Å². The summed E-state index contributed by atoms with van der Waals surface area (Å²) in [6, 6.07) is 0. The monoisotopic (exact) mass is 304 g/mol. The minimum absolute atomic E-state index is 0.124. The molecule has 0 aliphatic rings. The van der Waals surface area contributed by atoms with Crippen molar-refractivity contribution in [3.8, 4) is 0 Å². The van der Waals surface area contributed by atoms with Crippen LogP contribution in [0, 0.1) is 0 Å². The summed E-state index contributed by atoms with van der Waals surface area (Å²) in [4.78, 5) is 11.9. The Bertz CT molecular complexity index is 400. The van der Waals surface area contributed by atoms with Gasteiger partial charge in [-0.25, -0.2) is 0 Å². The molecule has 0 N–H and O–H groups in total. The van der Waals surface area contributed by atoms with E-state index in [1.165, 1.54) is 14.2 Å². The van der Waals surface area contributed by atoms with Crippen molar-refractivity contribution in [2.24, 2.45) is 7.05 Å². The quantitative estimate of drug-likeness (QED) is 0.747. The van der Waals surface area contributed by atoms with Crippen molar-refractivity contribution in [3.05, 3.63) is 15.9 Å². The largest absolute Gasteiger partial charge is 0.349 e. The van der Waals surface area contributed by atoms with Crippen LogP contribution in [-0.2, 0) is 34.2 Å². The Morgan fingerprint density at radius 2 is 2.06 bits per heavy atom. The van der Waals surface area contributed by atoms with Crippen LogP contribution in [-0.4, -0.2) is 36.1 Å². The molecule has 1 heterocycles. The van der Waals surface area contributed by atoms with E-state index in [0.29, 0.717) is 0 Å². The van der Waals surface area contributed by atoms with E-state index in [1.54, 1.807) is 4.68 Å². The minimum Gasteiger partial charge on any atom is -0.349 e. The lowest BCUT2D eigenvalue weighted by Gasteiger charge is -2.11.